The third kappa shape index (κ3) is 1.39. The van der Waals surface area contributed by atoms with Gasteiger partial charge in [0, 0.05) is 6.04 Å². The highest BCUT2D eigenvalue weighted by Crippen LogP contribution is 2.14. The van der Waals surface area contributed by atoms with Crippen LogP contribution in [0, 0.1) is 0 Å². The molecule has 0 spiro atoms. The van der Waals surface area contributed by atoms with E-state index in [1.807, 2.05) is 13.8 Å². The molecule has 1 aromatic heterocycles. The van der Waals surface area contributed by atoms with Crippen molar-refractivity contribution in [3.63, 3.8) is 0 Å². The molecule has 0 atom stereocenters. The van der Waals surface area contributed by atoms with Crippen LogP contribution in [0.2, 0.25) is 0 Å². The second-order valence-corrected chi connectivity index (χ2v) is 2.79. The van der Waals surface area contributed by atoms with Crippen LogP contribution in [0.3, 0.4) is 0 Å². The minimum atomic E-state index is -0.444. The van der Waals surface area contributed by atoms with Gasteiger partial charge >= 0.3 is 5.69 Å². The topological polar surface area (TPSA) is 81.1 Å². The van der Waals surface area contributed by atoms with Crippen LogP contribution in [0.25, 0.3) is 0 Å². The largest absolute Gasteiger partial charge is 0.503 e. The maximum absolute atomic E-state index is 11.1. The van der Waals surface area contributed by atoms with Crippen LogP contribution < -0.4 is 11.4 Å². The highest BCUT2D eigenvalue weighted by molar-refractivity contribution is 5.41. The molecule has 0 saturated heterocycles. The molecule has 0 radical (unpaired) electrons. The number of nitrogen functional groups attached to an aromatic ring is 1. The van der Waals surface area contributed by atoms with E-state index in [-0.39, 0.29) is 17.6 Å². The molecule has 0 aliphatic carbocycles. The van der Waals surface area contributed by atoms with Gasteiger partial charge in [0.05, 0.1) is 6.20 Å². The van der Waals surface area contributed by atoms with Crippen LogP contribution in [0.4, 0.5) is 5.82 Å². The fourth-order valence-corrected chi connectivity index (χ4v) is 0.841. The smallest absolute Gasteiger partial charge is 0.349 e. The second kappa shape index (κ2) is 2.84. The Hall–Kier alpha value is -1.52. The standard InChI is InChI=1S/C7H11N3O2/c1-4(2)10-3-5(11)6(8)9-7(10)12/h3-4,11H,1-2H3,(H2,8,9,12). The molecule has 66 valence electrons. The molecule has 0 saturated carbocycles. The first kappa shape index (κ1) is 8.58. The van der Waals surface area contributed by atoms with Gasteiger partial charge in [0.25, 0.3) is 0 Å². The molecule has 1 aromatic rings. The van der Waals surface area contributed by atoms with E-state index in [1.54, 1.807) is 0 Å². The molecule has 1 rings (SSSR count). The Labute approximate surface area is 69.5 Å². The predicted octanol–water partition coefficient (Wildman–Crippen LogP) is 0.112. The van der Waals surface area contributed by atoms with Crippen molar-refractivity contribution in [2.75, 3.05) is 5.73 Å². The van der Waals surface area contributed by atoms with Crippen molar-refractivity contribution in [2.24, 2.45) is 0 Å². The van der Waals surface area contributed by atoms with Crippen LogP contribution in [0.5, 0.6) is 5.75 Å². The lowest BCUT2D eigenvalue weighted by molar-refractivity contribution is 0.453. The van der Waals surface area contributed by atoms with Crippen molar-refractivity contribution >= 4 is 5.82 Å². The summed E-state index contributed by atoms with van der Waals surface area (Å²) in [5.41, 5.74) is 4.77. The normalized spacial score (nSPS) is 10.6. The molecule has 0 aromatic carbocycles. The SMILES string of the molecule is CC(C)n1cc(O)c(N)nc1=O. The summed E-state index contributed by atoms with van der Waals surface area (Å²) in [7, 11) is 0. The summed E-state index contributed by atoms with van der Waals surface area (Å²) in [5.74, 6) is -0.291. The minimum Gasteiger partial charge on any atom is -0.503 e. The van der Waals surface area contributed by atoms with E-state index in [0.29, 0.717) is 0 Å². The molecular weight excluding hydrogens is 158 g/mol. The molecular formula is C7H11N3O2. The Morgan fingerprint density at radius 3 is 2.75 bits per heavy atom. The van der Waals surface area contributed by atoms with E-state index in [4.69, 9.17) is 10.8 Å². The van der Waals surface area contributed by atoms with E-state index < -0.39 is 5.69 Å². The van der Waals surface area contributed by atoms with Crippen molar-refractivity contribution in [3.8, 4) is 5.75 Å². The Balaban J connectivity index is 3.33. The van der Waals surface area contributed by atoms with Crippen LogP contribution in [0.1, 0.15) is 19.9 Å². The maximum Gasteiger partial charge on any atom is 0.349 e. The number of aromatic nitrogens is 2. The fraction of sp³-hybridized carbons (Fsp3) is 0.429. The molecule has 0 amide bonds. The first-order chi connectivity index (χ1) is 5.52. The molecule has 0 aliphatic heterocycles. The monoisotopic (exact) mass is 169 g/mol. The van der Waals surface area contributed by atoms with Crippen LogP contribution in [0.15, 0.2) is 11.0 Å². The van der Waals surface area contributed by atoms with E-state index in [1.165, 1.54) is 10.8 Å². The van der Waals surface area contributed by atoms with Crippen molar-refractivity contribution in [3.05, 3.63) is 16.7 Å². The van der Waals surface area contributed by atoms with E-state index in [9.17, 15) is 4.79 Å². The quantitative estimate of drug-likeness (QED) is 0.625. The number of nitrogens with two attached hydrogens (primary N) is 1. The van der Waals surface area contributed by atoms with Crippen molar-refractivity contribution < 1.29 is 5.11 Å². The van der Waals surface area contributed by atoms with Crippen LogP contribution in [-0.4, -0.2) is 14.7 Å². The molecule has 0 aliphatic rings. The van der Waals surface area contributed by atoms with Gasteiger partial charge in [-0.05, 0) is 13.8 Å². The van der Waals surface area contributed by atoms with Gasteiger partial charge in [-0.2, -0.15) is 4.98 Å². The van der Waals surface area contributed by atoms with Gasteiger partial charge in [-0.25, -0.2) is 4.79 Å². The average molecular weight is 169 g/mol. The van der Waals surface area contributed by atoms with Gasteiger partial charge in [0.1, 0.15) is 0 Å². The number of anilines is 1. The Morgan fingerprint density at radius 1 is 1.67 bits per heavy atom. The lowest BCUT2D eigenvalue weighted by atomic mass is 10.4. The third-order valence-electron chi connectivity index (χ3n) is 1.52. The summed E-state index contributed by atoms with van der Waals surface area (Å²) in [4.78, 5) is 14.5. The first-order valence-electron chi connectivity index (χ1n) is 3.60. The molecule has 0 fully saturated rings. The summed E-state index contributed by atoms with van der Waals surface area (Å²) in [5, 5.41) is 9.13. The Bertz CT molecular complexity index is 343. The summed E-state index contributed by atoms with van der Waals surface area (Å²) in [6.07, 6.45) is 1.29. The molecule has 3 N–H and O–H groups in total. The van der Waals surface area contributed by atoms with Gasteiger partial charge in [0.15, 0.2) is 11.6 Å². The molecule has 12 heavy (non-hydrogen) atoms. The molecule has 5 heteroatoms. The lowest BCUT2D eigenvalue weighted by Gasteiger charge is -2.08. The first-order valence-corrected chi connectivity index (χ1v) is 3.60. The van der Waals surface area contributed by atoms with Crippen LogP contribution in [-0.2, 0) is 0 Å². The Morgan fingerprint density at radius 2 is 2.25 bits per heavy atom. The van der Waals surface area contributed by atoms with E-state index in [0.717, 1.165) is 0 Å². The number of hydrogen-bond donors (Lipinski definition) is 2. The Kier molecular flexibility index (Phi) is 2.03. The van der Waals surface area contributed by atoms with Gasteiger partial charge in [-0.15, -0.1) is 0 Å². The summed E-state index contributed by atoms with van der Waals surface area (Å²) < 4.78 is 1.31. The maximum atomic E-state index is 11.1. The van der Waals surface area contributed by atoms with Gasteiger partial charge in [-0.3, -0.25) is 4.57 Å². The molecule has 1 heterocycles. The van der Waals surface area contributed by atoms with Gasteiger partial charge in [0.2, 0.25) is 0 Å². The zero-order valence-corrected chi connectivity index (χ0v) is 6.98. The van der Waals surface area contributed by atoms with E-state index >= 15 is 0 Å². The zero-order chi connectivity index (χ0) is 9.30. The van der Waals surface area contributed by atoms with Crippen molar-refractivity contribution in [1.82, 2.24) is 9.55 Å². The fourth-order valence-electron chi connectivity index (χ4n) is 0.841. The lowest BCUT2D eigenvalue weighted by Crippen LogP contribution is -2.24. The van der Waals surface area contributed by atoms with Crippen molar-refractivity contribution in [2.45, 2.75) is 19.9 Å². The summed E-state index contributed by atoms with van der Waals surface area (Å²) >= 11 is 0. The second-order valence-electron chi connectivity index (χ2n) is 2.79. The summed E-state index contributed by atoms with van der Waals surface area (Å²) in [6.45, 7) is 3.64. The number of nitrogens with zero attached hydrogens (tertiary/aromatic N) is 2. The van der Waals surface area contributed by atoms with Gasteiger partial charge < -0.3 is 10.8 Å². The average Bonchev–Trinajstić information content (AvgIpc) is 1.96. The number of hydrogen-bond acceptors (Lipinski definition) is 4. The minimum absolute atomic E-state index is 0.0310. The third-order valence-corrected chi connectivity index (χ3v) is 1.52. The predicted molar refractivity (Wildman–Crippen MR) is 45.0 cm³/mol. The van der Waals surface area contributed by atoms with Crippen LogP contribution >= 0.6 is 0 Å². The van der Waals surface area contributed by atoms with Gasteiger partial charge in [-0.1, -0.05) is 0 Å². The highest BCUT2D eigenvalue weighted by Gasteiger charge is 2.05. The molecule has 0 bridgehead atoms. The zero-order valence-electron chi connectivity index (χ0n) is 6.98. The van der Waals surface area contributed by atoms with Crippen molar-refractivity contribution in [1.29, 1.82) is 0 Å². The summed E-state index contributed by atoms with van der Waals surface area (Å²) in [6, 6.07) is -0.0310. The molecule has 5 nitrogen and oxygen atoms in total. The van der Waals surface area contributed by atoms with E-state index in [2.05, 4.69) is 4.98 Å². The number of aromatic hydroxyl groups is 1. The number of rotatable bonds is 1. The highest BCUT2D eigenvalue weighted by atomic mass is 16.3. The molecule has 0 unspecified atom stereocenters.